The van der Waals surface area contributed by atoms with Gasteiger partial charge in [0, 0.05) is 24.9 Å². The number of hydrogen-bond acceptors (Lipinski definition) is 3. The number of aldehydes is 1. The molecule has 1 aliphatic rings. The van der Waals surface area contributed by atoms with Gasteiger partial charge in [-0.3, -0.25) is 0 Å². The maximum absolute atomic E-state index is 10.6. The fourth-order valence-electron chi connectivity index (χ4n) is 2.21. The Labute approximate surface area is 96.3 Å². The summed E-state index contributed by atoms with van der Waals surface area (Å²) in [6.07, 6.45) is 10.0. The molecule has 1 fully saturated rings. The first-order valence-corrected chi connectivity index (χ1v) is 6.02. The van der Waals surface area contributed by atoms with Crippen LogP contribution in [-0.2, 0) is 11.3 Å². The molecule has 0 aliphatic carbocycles. The molecule has 2 rings (SSSR count). The average molecular weight is 221 g/mol. The van der Waals surface area contributed by atoms with Crippen LogP contribution >= 0.6 is 0 Å². The van der Waals surface area contributed by atoms with Gasteiger partial charge in [0.2, 0.25) is 0 Å². The van der Waals surface area contributed by atoms with Gasteiger partial charge in [-0.05, 0) is 38.9 Å². The second-order valence-electron chi connectivity index (χ2n) is 4.47. The van der Waals surface area contributed by atoms with Gasteiger partial charge in [-0.1, -0.05) is 0 Å². The highest BCUT2D eigenvalue weighted by Crippen LogP contribution is 2.14. The van der Waals surface area contributed by atoms with Crippen molar-refractivity contribution in [1.29, 1.82) is 0 Å². The number of imidazole rings is 1. The summed E-state index contributed by atoms with van der Waals surface area (Å²) in [7, 11) is 0. The molecule has 16 heavy (non-hydrogen) atoms. The van der Waals surface area contributed by atoms with E-state index in [1.807, 2.05) is 18.7 Å². The van der Waals surface area contributed by atoms with Gasteiger partial charge in [-0.15, -0.1) is 0 Å². The summed E-state index contributed by atoms with van der Waals surface area (Å²) in [5.74, 6) is 0.310. The van der Waals surface area contributed by atoms with Crippen molar-refractivity contribution >= 4 is 6.29 Å². The molecule has 4 heteroatoms. The van der Waals surface area contributed by atoms with Gasteiger partial charge in [0.1, 0.15) is 6.29 Å². The number of carbonyl (C=O) groups is 1. The topological polar surface area (TPSA) is 38.1 Å². The smallest absolute Gasteiger partial charge is 0.123 e. The molecule has 0 atom stereocenters. The minimum atomic E-state index is 0.310. The van der Waals surface area contributed by atoms with E-state index in [0.29, 0.717) is 5.92 Å². The maximum atomic E-state index is 10.6. The number of aromatic nitrogens is 2. The third kappa shape index (κ3) is 3.17. The number of likely N-dealkylation sites (tertiary alicyclic amines) is 1. The van der Waals surface area contributed by atoms with Crippen LogP contribution in [0.2, 0.25) is 0 Å². The highest BCUT2D eigenvalue weighted by molar-refractivity contribution is 5.53. The van der Waals surface area contributed by atoms with Gasteiger partial charge in [0.05, 0.1) is 6.33 Å². The molecule has 0 N–H and O–H groups in total. The van der Waals surface area contributed by atoms with Gasteiger partial charge in [0.15, 0.2) is 0 Å². The number of piperidine rings is 1. The first-order valence-electron chi connectivity index (χ1n) is 6.02. The summed E-state index contributed by atoms with van der Waals surface area (Å²) in [4.78, 5) is 17.1. The molecule has 1 aliphatic heterocycles. The third-order valence-electron chi connectivity index (χ3n) is 3.27. The predicted octanol–water partition coefficient (Wildman–Crippen LogP) is 1.18. The fourth-order valence-corrected chi connectivity index (χ4v) is 2.21. The molecular formula is C12H19N3O. The summed E-state index contributed by atoms with van der Waals surface area (Å²) >= 11 is 0. The molecule has 0 aromatic carbocycles. The van der Waals surface area contributed by atoms with Crippen LogP contribution in [0.25, 0.3) is 0 Å². The summed E-state index contributed by atoms with van der Waals surface area (Å²) < 4.78 is 2.11. The quantitative estimate of drug-likeness (QED) is 0.701. The second kappa shape index (κ2) is 5.80. The zero-order valence-electron chi connectivity index (χ0n) is 9.59. The van der Waals surface area contributed by atoms with Crippen molar-refractivity contribution in [3.05, 3.63) is 18.7 Å². The Hall–Kier alpha value is -1.16. The van der Waals surface area contributed by atoms with Crippen LogP contribution in [0.15, 0.2) is 18.7 Å². The van der Waals surface area contributed by atoms with E-state index in [2.05, 4.69) is 14.5 Å². The van der Waals surface area contributed by atoms with Crippen molar-refractivity contribution in [3.63, 3.8) is 0 Å². The van der Waals surface area contributed by atoms with Crippen LogP contribution in [0.1, 0.15) is 19.3 Å². The van der Waals surface area contributed by atoms with Crippen molar-refractivity contribution in [2.45, 2.75) is 25.8 Å². The Morgan fingerprint density at radius 1 is 1.31 bits per heavy atom. The van der Waals surface area contributed by atoms with E-state index < -0.39 is 0 Å². The molecule has 0 radical (unpaired) electrons. The van der Waals surface area contributed by atoms with E-state index in [1.165, 1.54) is 0 Å². The number of rotatable bonds is 5. The molecule has 0 saturated carbocycles. The summed E-state index contributed by atoms with van der Waals surface area (Å²) in [5, 5.41) is 0. The van der Waals surface area contributed by atoms with Crippen LogP contribution < -0.4 is 0 Å². The lowest BCUT2D eigenvalue weighted by atomic mass is 9.98. The highest BCUT2D eigenvalue weighted by Gasteiger charge is 2.17. The third-order valence-corrected chi connectivity index (χ3v) is 3.27. The minimum absolute atomic E-state index is 0.310. The number of carbonyl (C=O) groups excluding carboxylic acids is 1. The molecule has 0 unspecified atom stereocenters. The van der Waals surface area contributed by atoms with Gasteiger partial charge in [-0.25, -0.2) is 4.98 Å². The minimum Gasteiger partial charge on any atom is -0.337 e. The molecule has 0 spiro atoms. The van der Waals surface area contributed by atoms with E-state index >= 15 is 0 Å². The van der Waals surface area contributed by atoms with E-state index in [0.717, 1.165) is 51.7 Å². The predicted molar refractivity (Wildman–Crippen MR) is 62.1 cm³/mol. The van der Waals surface area contributed by atoms with Crippen molar-refractivity contribution in [2.75, 3.05) is 19.6 Å². The van der Waals surface area contributed by atoms with Gasteiger partial charge >= 0.3 is 0 Å². The van der Waals surface area contributed by atoms with Crippen LogP contribution in [0, 0.1) is 5.92 Å². The Kier molecular flexibility index (Phi) is 4.10. The van der Waals surface area contributed by atoms with E-state index in [1.54, 1.807) is 0 Å². The maximum Gasteiger partial charge on any atom is 0.123 e. The van der Waals surface area contributed by atoms with Crippen LogP contribution in [0.5, 0.6) is 0 Å². The molecule has 0 bridgehead atoms. The monoisotopic (exact) mass is 221 g/mol. The SMILES string of the molecule is O=CC1CCN(CCCn2ccnc2)CC1. The summed E-state index contributed by atoms with van der Waals surface area (Å²) in [6.45, 7) is 4.32. The molecule has 0 amide bonds. The van der Waals surface area contributed by atoms with Crippen molar-refractivity contribution in [1.82, 2.24) is 14.5 Å². The Morgan fingerprint density at radius 3 is 2.75 bits per heavy atom. The lowest BCUT2D eigenvalue weighted by Crippen LogP contribution is -2.35. The highest BCUT2D eigenvalue weighted by atomic mass is 16.1. The number of aryl methyl sites for hydroxylation is 1. The molecule has 4 nitrogen and oxygen atoms in total. The largest absolute Gasteiger partial charge is 0.337 e. The summed E-state index contributed by atoms with van der Waals surface area (Å²) in [5.41, 5.74) is 0. The first kappa shape index (κ1) is 11.3. The first-order chi connectivity index (χ1) is 7.88. The van der Waals surface area contributed by atoms with Crippen LogP contribution in [-0.4, -0.2) is 40.4 Å². The average Bonchev–Trinajstić information content (AvgIpc) is 2.83. The van der Waals surface area contributed by atoms with Gasteiger partial charge in [0.25, 0.3) is 0 Å². The normalized spacial score (nSPS) is 18.8. The van der Waals surface area contributed by atoms with E-state index in [9.17, 15) is 4.79 Å². The van der Waals surface area contributed by atoms with Gasteiger partial charge in [-0.2, -0.15) is 0 Å². The molecular weight excluding hydrogens is 202 g/mol. The molecule has 1 aromatic rings. The van der Waals surface area contributed by atoms with Gasteiger partial charge < -0.3 is 14.3 Å². The number of nitrogens with zero attached hydrogens (tertiary/aromatic N) is 3. The lowest BCUT2D eigenvalue weighted by molar-refractivity contribution is -0.112. The number of hydrogen-bond donors (Lipinski definition) is 0. The molecule has 1 aromatic heterocycles. The standard InChI is InChI=1S/C12H19N3O/c16-10-12-2-7-14(8-3-12)5-1-6-15-9-4-13-11-15/h4,9-12H,1-3,5-8H2. The van der Waals surface area contributed by atoms with Crippen molar-refractivity contribution < 1.29 is 4.79 Å². The summed E-state index contributed by atoms with van der Waals surface area (Å²) in [6, 6.07) is 0. The van der Waals surface area contributed by atoms with Crippen LogP contribution in [0.4, 0.5) is 0 Å². The Morgan fingerprint density at radius 2 is 2.12 bits per heavy atom. The lowest BCUT2D eigenvalue weighted by Gasteiger charge is -2.29. The Balaban J connectivity index is 1.62. The molecule has 88 valence electrons. The van der Waals surface area contributed by atoms with E-state index in [4.69, 9.17) is 0 Å². The fraction of sp³-hybridized carbons (Fsp3) is 0.667. The Bertz CT molecular complexity index is 302. The zero-order valence-corrected chi connectivity index (χ0v) is 9.59. The van der Waals surface area contributed by atoms with Crippen LogP contribution in [0.3, 0.4) is 0 Å². The van der Waals surface area contributed by atoms with Crippen molar-refractivity contribution in [2.24, 2.45) is 5.92 Å². The molecule has 2 heterocycles. The molecule has 1 saturated heterocycles. The second-order valence-corrected chi connectivity index (χ2v) is 4.47. The van der Waals surface area contributed by atoms with E-state index in [-0.39, 0.29) is 0 Å². The van der Waals surface area contributed by atoms with Crippen molar-refractivity contribution in [3.8, 4) is 0 Å². The zero-order chi connectivity index (χ0) is 11.2.